The van der Waals surface area contributed by atoms with Gasteiger partial charge in [-0.15, -0.1) is 0 Å². The van der Waals surface area contributed by atoms with Crippen LogP contribution in [0, 0.1) is 0 Å². The quantitative estimate of drug-likeness (QED) is 0.508. The topological polar surface area (TPSA) is 15.6 Å². The van der Waals surface area contributed by atoms with Gasteiger partial charge < -0.3 is 0 Å². The number of hydrogen-bond acceptors (Lipinski definition) is 2. The summed E-state index contributed by atoms with van der Waals surface area (Å²) in [5.74, 6) is 0. The Morgan fingerprint density at radius 3 is 3.00 bits per heavy atom. The van der Waals surface area contributed by atoms with Gasteiger partial charge in [0.25, 0.3) is 0 Å². The van der Waals surface area contributed by atoms with Gasteiger partial charge in [-0.1, -0.05) is 6.08 Å². The van der Waals surface area contributed by atoms with E-state index in [1.807, 2.05) is 18.2 Å². The van der Waals surface area contributed by atoms with Crippen molar-refractivity contribution in [2.45, 2.75) is 0 Å². The monoisotopic (exact) mass is 172 g/mol. The molecule has 0 N–H and O–H groups in total. The van der Waals surface area contributed by atoms with Crippen LogP contribution >= 0.6 is 16.1 Å². The first-order valence-corrected chi connectivity index (χ1v) is 2.93. The van der Waals surface area contributed by atoms with Crippen molar-refractivity contribution in [2.75, 3.05) is 0 Å². The van der Waals surface area contributed by atoms with Gasteiger partial charge in [0.1, 0.15) is 0 Å². The van der Waals surface area contributed by atoms with Gasteiger partial charge in [-0.25, -0.2) is 4.03 Å². The standard InChI is InChI=1S/C5H5BrN2/c6-8-5-3-1-2-4-7-8/h1-5H. The molecule has 2 nitrogen and oxygen atoms in total. The molecule has 0 radical (unpaired) electrons. The molecule has 0 aromatic heterocycles. The fraction of sp³-hybridized carbons (Fsp3) is 0. The third-order valence-electron chi connectivity index (χ3n) is 0.694. The van der Waals surface area contributed by atoms with Crippen LogP contribution in [0.1, 0.15) is 0 Å². The summed E-state index contributed by atoms with van der Waals surface area (Å²) in [6.45, 7) is 0. The van der Waals surface area contributed by atoms with Gasteiger partial charge in [0.2, 0.25) is 0 Å². The molecule has 8 heavy (non-hydrogen) atoms. The average molecular weight is 173 g/mol. The molecule has 0 unspecified atom stereocenters. The molecule has 0 aliphatic carbocycles. The third kappa shape index (κ3) is 1.50. The smallest absolute Gasteiger partial charge is 0.0743 e. The van der Waals surface area contributed by atoms with Gasteiger partial charge >= 0.3 is 0 Å². The summed E-state index contributed by atoms with van der Waals surface area (Å²) in [6.07, 6.45) is 9.17. The molecule has 1 rings (SSSR count). The van der Waals surface area contributed by atoms with Crippen LogP contribution in [0.3, 0.4) is 0 Å². The van der Waals surface area contributed by atoms with Crippen LogP contribution in [0.4, 0.5) is 0 Å². The van der Waals surface area contributed by atoms with Gasteiger partial charge in [0, 0.05) is 12.4 Å². The van der Waals surface area contributed by atoms with Crippen molar-refractivity contribution in [1.82, 2.24) is 4.03 Å². The minimum Gasteiger partial charge on any atom is -0.205 e. The van der Waals surface area contributed by atoms with E-state index in [9.17, 15) is 0 Å². The normalized spacial score (nSPS) is 16.9. The highest BCUT2D eigenvalue weighted by molar-refractivity contribution is 9.07. The lowest BCUT2D eigenvalue weighted by molar-refractivity contribution is 0.708. The van der Waals surface area contributed by atoms with Crippen molar-refractivity contribution < 1.29 is 0 Å². The SMILES string of the molecule is BrN1C=CC=CC=N1. The Morgan fingerprint density at radius 2 is 2.12 bits per heavy atom. The Labute approximate surface area is 56.5 Å². The summed E-state index contributed by atoms with van der Waals surface area (Å²) in [4.78, 5) is 0. The molecule has 3 heteroatoms. The molecular formula is C5H5BrN2. The van der Waals surface area contributed by atoms with Crippen LogP contribution in [0.5, 0.6) is 0 Å². The summed E-state index contributed by atoms with van der Waals surface area (Å²) in [7, 11) is 0. The molecule has 0 aromatic carbocycles. The highest BCUT2D eigenvalue weighted by Crippen LogP contribution is 2.00. The largest absolute Gasteiger partial charge is 0.205 e. The molecule has 0 bridgehead atoms. The molecule has 1 heterocycles. The zero-order chi connectivity index (χ0) is 5.82. The van der Waals surface area contributed by atoms with Crippen molar-refractivity contribution in [3.8, 4) is 0 Å². The molecule has 0 saturated heterocycles. The maximum Gasteiger partial charge on any atom is 0.0743 e. The second kappa shape index (κ2) is 2.67. The number of hydrazone groups is 1. The summed E-state index contributed by atoms with van der Waals surface area (Å²) in [5, 5.41) is 3.88. The molecule has 0 aromatic rings. The molecule has 1 aliphatic heterocycles. The summed E-state index contributed by atoms with van der Waals surface area (Å²) in [5.41, 5.74) is 0. The zero-order valence-electron chi connectivity index (χ0n) is 4.16. The van der Waals surface area contributed by atoms with Crippen molar-refractivity contribution in [3.63, 3.8) is 0 Å². The van der Waals surface area contributed by atoms with Gasteiger partial charge in [-0.3, -0.25) is 0 Å². The number of allylic oxidation sites excluding steroid dienone is 3. The van der Waals surface area contributed by atoms with E-state index in [0.29, 0.717) is 0 Å². The van der Waals surface area contributed by atoms with E-state index in [4.69, 9.17) is 0 Å². The fourth-order valence-corrected chi connectivity index (χ4v) is 0.617. The van der Waals surface area contributed by atoms with E-state index in [2.05, 4.69) is 21.2 Å². The Morgan fingerprint density at radius 1 is 1.25 bits per heavy atom. The van der Waals surface area contributed by atoms with Crippen LogP contribution in [0.15, 0.2) is 29.5 Å². The minimum atomic E-state index is 1.56. The van der Waals surface area contributed by atoms with Crippen LogP contribution in [-0.4, -0.2) is 10.2 Å². The second-order valence-corrected chi connectivity index (χ2v) is 2.01. The highest BCUT2D eigenvalue weighted by atomic mass is 79.9. The third-order valence-corrected chi connectivity index (χ3v) is 1.11. The van der Waals surface area contributed by atoms with E-state index in [1.54, 1.807) is 16.4 Å². The number of hydrogen-bond donors (Lipinski definition) is 0. The lowest BCUT2D eigenvalue weighted by Gasteiger charge is -1.96. The number of rotatable bonds is 0. The van der Waals surface area contributed by atoms with Crippen molar-refractivity contribution in [3.05, 3.63) is 24.4 Å². The van der Waals surface area contributed by atoms with Crippen LogP contribution < -0.4 is 0 Å². The van der Waals surface area contributed by atoms with Crippen molar-refractivity contribution >= 4 is 22.4 Å². The Balaban J connectivity index is 2.66. The Hall–Kier alpha value is -0.570. The Bertz CT molecular complexity index is 133. The van der Waals surface area contributed by atoms with Crippen LogP contribution in [0.25, 0.3) is 0 Å². The molecule has 0 atom stereocenters. The summed E-state index contributed by atoms with van der Waals surface area (Å²) < 4.78 is 1.56. The summed E-state index contributed by atoms with van der Waals surface area (Å²) in [6, 6.07) is 0. The van der Waals surface area contributed by atoms with Gasteiger partial charge in [0.05, 0.1) is 16.1 Å². The van der Waals surface area contributed by atoms with Gasteiger partial charge in [-0.05, 0) is 12.2 Å². The van der Waals surface area contributed by atoms with E-state index in [1.165, 1.54) is 0 Å². The zero-order valence-corrected chi connectivity index (χ0v) is 5.75. The molecule has 42 valence electrons. The van der Waals surface area contributed by atoms with Crippen LogP contribution in [-0.2, 0) is 0 Å². The molecule has 0 spiro atoms. The maximum atomic E-state index is 3.88. The predicted octanol–water partition coefficient (Wildman–Crippen LogP) is 1.67. The second-order valence-electron chi connectivity index (χ2n) is 1.28. The van der Waals surface area contributed by atoms with Crippen molar-refractivity contribution in [2.24, 2.45) is 5.10 Å². The average Bonchev–Trinajstić information content (AvgIpc) is 1.94. The summed E-state index contributed by atoms with van der Waals surface area (Å²) >= 11 is 3.15. The first-order valence-electron chi connectivity index (χ1n) is 2.22. The highest BCUT2D eigenvalue weighted by Gasteiger charge is 1.83. The lowest BCUT2D eigenvalue weighted by atomic mass is 10.5. The number of halogens is 1. The molecule has 0 amide bonds. The molecule has 0 saturated carbocycles. The van der Waals surface area contributed by atoms with E-state index in [-0.39, 0.29) is 0 Å². The Kier molecular flexibility index (Phi) is 1.86. The minimum absolute atomic E-state index is 1.56. The molecule has 1 aliphatic rings. The fourth-order valence-electron chi connectivity index (χ4n) is 0.375. The van der Waals surface area contributed by atoms with E-state index in [0.717, 1.165) is 0 Å². The maximum absolute atomic E-state index is 3.88. The number of nitrogens with zero attached hydrogens (tertiary/aromatic N) is 2. The van der Waals surface area contributed by atoms with Gasteiger partial charge in [0.15, 0.2) is 0 Å². The predicted molar refractivity (Wildman–Crippen MR) is 37.5 cm³/mol. The first kappa shape index (κ1) is 5.56. The molecular weight excluding hydrogens is 168 g/mol. The van der Waals surface area contributed by atoms with E-state index < -0.39 is 0 Å². The van der Waals surface area contributed by atoms with E-state index >= 15 is 0 Å². The lowest BCUT2D eigenvalue weighted by Crippen LogP contribution is -1.87. The van der Waals surface area contributed by atoms with Crippen molar-refractivity contribution in [1.29, 1.82) is 0 Å². The van der Waals surface area contributed by atoms with Gasteiger partial charge in [-0.2, -0.15) is 5.10 Å². The first-order chi connectivity index (χ1) is 3.89. The molecule has 0 fully saturated rings. The van der Waals surface area contributed by atoms with Crippen LogP contribution in [0.2, 0.25) is 0 Å².